The second kappa shape index (κ2) is 6.24. The molecule has 1 N–H and O–H groups in total. The van der Waals surface area contributed by atoms with Gasteiger partial charge in [0.1, 0.15) is 11.4 Å². The SMILES string of the molecule is C#CCCc1cc(NC(=O)OC(C)(C)C)ccc1F. The Morgan fingerprint density at radius 2 is 2.16 bits per heavy atom. The summed E-state index contributed by atoms with van der Waals surface area (Å²) in [6.07, 6.45) is 5.47. The van der Waals surface area contributed by atoms with Gasteiger partial charge in [-0.25, -0.2) is 9.18 Å². The monoisotopic (exact) mass is 263 g/mol. The molecule has 1 aromatic carbocycles. The average Bonchev–Trinajstić information content (AvgIpc) is 2.27. The number of halogens is 1. The smallest absolute Gasteiger partial charge is 0.412 e. The summed E-state index contributed by atoms with van der Waals surface area (Å²) in [6.45, 7) is 5.32. The molecule has 0 saturated carbocycles. The van der Waals surface area contributed by atoms with Crippen LogP contribution in [0.15, 0.2) is 18.2 Å². The molecule has 19 heavy (non-hydrogen) atoms. The third kappa shape index (κ3) is 5.43. The minimum absolute atomic E-state index is 0.329. The Morgan fingerprint density at radius 3 is 2.74 bits per heavy atom. The summed E-state index contributed by atoms with van der Waals surface area (Å²) in [6, 6.07) is 4.35. The van der Waals surface area contributed by atoms with E-state index in [0.717, 1.165) is 0 Å². The molecule has 0 fully saturated rings. The molecule has 0 aliphatic rings. The fourth-order valence-corrected chi connectivity index (χ4v) is 1.47. The number of hydrogen-bond donors (Lipinski definition) is 1. The Morgan fingerprint density at radius 1 is 1.47 bits per heavy atom. The van der Waals surface area contributed by atoms with Gasteiger partial charge in [-0.1, -0.05) is 0 Å². The molecule has 0 aromatic heterocycles. The highest BCUT2D eigenvalue weighted by Gasteiger charge is 2.16. The summed E-state index contributed by atoms with van der Waals surface area (Å²) >= 11 is 0. The van der Waals surface area contributed by atoms with Gasteiger partial charge in [0, 0.05) is 12.1 Å². The largest absolute Gasteiger partial charge is 0.444 e. The van der Waals surface area contributed by atoms with E-state index in [1.54, 1.807) is 26.8 Å². The van der Waals surface area contributed by atoms with Gasteiger partial charge in [0.2, 0.25) is 0 Å². The lowest BCUT2D eigenvalue weighted by atomic mass is 10.1. The van der Waals surface area contributed by atoms with Gasteiger partial charge in [0.05, 0.1) is 0 Å². The fraction of sp³-hybridized carbons (Fsp3) is 0.400. The summed E-state index contributed by atoms with van der Waals surface area (Å²) in [5.41, 5.74) is 0.394. The number of nitrogens with one attached hydrogen (secondary N) is 1. The molecule has 0 unspecified atom stereocenters. The number of carbonyl (C=O) groups excluding carboxylic acids is 1. The highest BCUT2D eigenvalue weighted by atomic mass is 19.1. The zero-order valence-corrected chi connectivity index (χ0v) is 11.4. The van der Waals surface area contributed by atoms with Crippen LogP contribution >= 0.6 is 0 Å². The van der Waals surface area contributed by atoms with Gasteiger partial charge < -0.3 is 4.74 Å². The van der Waals surface area contributed by atoms with Gasteiger partial charge in [0.15, 0.2) is 0 Å². The van der Waals surface area contributed by atoms with Gasteiger partial charge in [0.25, 0.3) is 0 Å². The predicted octanol–water partition coefficient (Wildman–Crippen LogP) is 3.74. The number of amides is 1. The zero-order chi connectivity index (χ0) is 14.5. The van der Waals surface area contributed by atoms with Gasteiger partial charge in [-0.15, -0.1) is 12.3 Å². The van der Waals surface area contributed by atoms with E-state index in [0.29, 0.717) is 24.1 Å². The first-order valence-corrected chi connectivity index (χ1v) is 6.04. The number of ether oxygens (including phenoxy) is 1. The molecule has 0 radical (unpaired) electrons. The maximum atomic E-state index is 13.5. The maximum Gasteiger partial charge on any atom is 0.412 e. The number of terminal acetylenes is 1. The number of aryl methyl sites for hydroxylation is 1. The van der Waals surface area contributed by atoms with Crippen molar-refractivity contribution in [1.82, 2.24) is 0 Å². The molecule has 1 aromatic rings. The van der Waals surface area contributed by atoms with Crippen molar-refractivity contribution in [1.29, 1.82) is 0 Å². The third-order valence-corrected chi connectivity index (χ3v) is 2.23. The second-order valence-electron chi connectivity index (χ2n) is 5.14. The van der Waals surface area contributed by atoms with Crippen molar-refractivity contribution in [3.8, 4) is 12.3 Å². The van der Waals surface area contributed by atoms with Crippen molar-refractivity contribution in [3.63, 3.8) is 0 Å². The number of benzene rings is 1. The van der Waals surface area contributed by atoms with E-state index in [9.17, 15) is 9.18 Å². The lowest BCUT2D eigenvalue weighted by molar-refractivity contribution is 0.0636. The van der Waals surface area contributed by atoms with E-state index in [2.05, 4.69) is 11.2 Å². The third-order valence-electron chi connectivity index (χ3n) is 2.23. The first-order chi connectivity index (χ1) is 8.81. The van der Waals surface area contributed by atoms with E-state index in [-0.39, 0.29) is 5.82 Å². The standard InChI is InChI=1S/C15H18FNO2/c1-5-6-7-11-10-12(8-9-13(11)16)17-14(18)19-15(2,3)4/h1,8-10H,6-7H2,2-4H3,(H,17,18). The lowest BCUT2D eigenvalue weighted by Gasteiger charge is -2.19. The summed E-state index contributed by atoms with van der Waals surface area (Å²) < 4.78 is 18.6. The molecule has 4 heteroatoms. The van der Waals surface area contributed by atoms with Crippen LogP contribution in [0.2, 0.25) is 0 Å². The van der Waals surface area contributed by atoms with Crippen LogP contribution < -0.4 is 5.32 Å². The van der Waals surface area contributed by atoms with Crippen LogP contribution in [0, 0.1) is 18.2 Å². The minimum Gasteiger partial charge on any atom is -0.444 e. The summed E-state index contributed by atoms with van der Waals surface area (Å²) in [4.78, 5) is 11.6. The Hall–Kier alpha value is -2.02. The lowest BCUT2D eigenvalue weighted by Crippen LogP contribution is -2.27. The minimum atomic E-state index is -0.573. The maximum absolute atomic E-state index is 13.5. The molecule has 0 heterocycles. The van der Waals surface area contributed by atoms with Crippen molar-refractivity contribution >= 4 is 11.8 Å². The Labute approximate surface area is 113 Å². The Kier molecular flexibility index (Phi) is 4.94. The van der Waals surface area contributed by atoms with Gasteiger partial charge in [-0.05, 0) is 51.0 Å². The quantitative estimate of drug-likeness (QED) is 0.844. The van der Waals surface area contributed by atoms with E-state index >= 15 is 0 Å². The normalized spacial score (nSPS) is 10.7. The molecule has 1 amide bonds. The Balaban J connectivity index is 2.74. The molecule has 0 bridgehead atoms. The number of rotatable bonds is 3. The molecule has 3 nitrogen and oxygen atoms in total. The molecular formula is C15H18FNO2. The van der Waals surface area contributed by atoms with E-state index in [4.69, 9.17) is 11.2 Å². The first kappa shape index (κ1) is 15.0. The van der Waals surface area contributed by atoms with Crippen LogP contribution in [0.3, 0.4) is 0 Å². The highest BCUT2D eigenvalue weighted by Crippen LogP contribution is 2.17. The number of hydrogen-bond acceptors (Lipinski definition) is 2. The molecule has 1 rings (SSSR count). The molecular weight excluding hydrogens is 245 g/mol. The Bertz CT molecular complexity index is 498. The van der Waals surface area contributed by atoms with Gasteiger partial charge >= 0.3 is 6.09 Å². The average molecular weight is 263 g/mol. The number of anilines is 1. The van der Waals surface area contributed by atoms with E-state index in [1.165, 1.54) is 12.1 Å². The van der Waals surface area contributed by atoms with Crippen LogP contribution in [0.1, 0.15) is 32.8 Å². The molecule has 0 saturated heterocycles. The summed E-state index contributed by atoms with van der Waals surface area (Å²) in [5.74, 6) is 2.13. The molecule has 0 spiro atoms. The van der Waals surface area contributed by atoms with Crippen molar-refractivity contribution in [3.05, 3.63) is 29.6 Å². The van der Waals surface area contributed by atoms with Crippen LogP contribution in [0.4, 0.5) is 14.9 Å². The van der Waals surface area contributed by atoms with Crippen LogP contribution in [-0.4, -0.2) is 11.7 Å². The molecule has 102 valence electrons. The first-order valence-electron chi connectivity index (χ1n) is 6.04. The van der Waals surface area contributed by atoms with E-state index in [1.807, 2.05) is 0 Å². The van der Waals surface area contributed by atoms with Gasteiger partial charge in [-0.2, -0.15) is 0 Å². The molecule has 0 atom stereocenters. The van der Waals surface area contributed by atoms with Crippen molar-refractivity contribution in [2.75, 3.05) is 5.32 Å². The highest BCUT2D eigenvalue weighted by molar-refractivity contribution is 5.84. The van der Waals surface area contributed by atoms with E-state index < -0.39 is 11.7 Å². The predicted molar refractivity (Wildman–Crippen MR) is 73.4 cm³/mol. The summed E-state index contributed by atoms with van der Waals surface area (Å²) in [7, 11) is 0. The van der Waals surface area contributed by atoms with Crippen molar-refractivity contribution in [2.24, 2.45) is 0 Å². The fourth-order valence-electron chi connectivity index (χ4n) is 1.47. The summed E-state index contributed by atoms with van der Waals surface area (Å²) in [5, 5.41) is 2.56. The molecule has 0 aliphatic carbocycles. The van der Waals surface area contributed by atoms with Crippen molar-refractivity contribution < 1.29 is 13.9 Å². The van der Waals surface area contributed by atoms with Crippen molar-refractivity contribution in [2.45, 2.75) is 39.2 Å². The van der Waals surface area contributed by atoms with Gasteiger partial charge in [-0.3, -0.25) is 5.32 Å². The van der Waals surface area contributed by atoms with Crippen LogP contribution in [0.25, 0.3) is 0 Å². The number of carbonyl (C=O) groups is 1. The van der Waals surface area contributed by atoms with Crippen LogP contribution in [-0.2, 0) is 11.2 Å². The van der Waals surface area contributed by atoms with Crippen LogP contribution in [0.5, 0.6) is 0 Å². The topological polar surface area (TPSA) is 38.3 Å². The second-order valence-corrected chi connectivity index (χ2v) is 5.14. The molecule has 0 aliphatic heterocycles. The zero-order valence-electron chi connectivity index (χ0n) is 11.4.